The highest BCUT2D eigenvalue weighted by Crippen LogP contribution is 2.19. The van der Waals surface area contributed by atoms with Gasteiger partial charge in [0.2, 0.25) is 0 Å². The van der Waals surface area contributed by atoms with E-state index in [1.807, 2.05) is 0 Å². The summed E-state index contributed by atoms with van der Waals surface area (Å²) >= 11 is 10.7. The van der Waals surface area contributed by atoms with E-state index in [9.17, 15) is 0 Å². The average molecular weight is 153 g/mol. The summed E-state index contributed by atoms with van der Waals surface area (Å²) in [6.07, 6.45) is 2.79. The zero-order chi connectivity index (χ0) is 5.98. The summed E-state index contributed by atoms with van der Waals surface area (Å²) in [5.41, 5.74) is 0. The molecule has 0 unspecified atom stereocenters. The van der Waals surface area contributed by atoms with Gasteiger partial charge in [-0.2, -0.15) is 0 Å². The summed E-state index contributed by atoms with van der Waals surface area (Å²) in [5.74, 6) is 0. The van der Waals surface area contributed by atoms with Gasteiger partial charge in [-0.25, -0.2) is 0 Å². The van der Waals surface area contributed by atoms with E-state index in [0.717, 1.165) is 0 Å². The Kier molecular flexibility index (Phi) is 1.65. The third-order valence-electron chi connectivity index (χ3n) is 0.579. The summed E-state index contributed by atoms with van der Waals surface area (Å²) in [7, 11) is 0. The Morgan fingerprint density at radius 1 is 1.38 bits per heavy atom. The Hall–Kier alpha value is -0.340. The van der Waals surface area contributed by atoms with Crippen molar-refractivity contribution >= 4 is 23.2 Å². The van der Waals surface area contributed by atoms with Crippen molar-refractivity contribution < 1.29 is 9.78 Å². The molecule has 0 aliphatic carbocycles. The second-order valence-corrected chi connectivity index (χ2v) is 1.85. The number of hydrogen-bond acceptors (Lipinski definition) is 2. The molecule has 1 rings (SSSR count). The third-order valence-corrected chi connectivity index (χ3v) is 1.24. The van der Waals surface area contributed by atoms with Gasteiger partial charge in [-0.3, -0.25) is 9.78 Å². The van der Waals surface area contributed by atoms with Gasteiger partial charge in [0.05, 0.1) is 0 Å². The van der Waals surface area contributed by atoms with Crippen LogP contribution in [0.3, 0.4) is 0 Å². The van der Waals surface area contributed by atoms with Crippen molar-refractivity contribution in [2.75, 3.05) is 0 Å². The maximum atomic E-state index is 5.42. The lowest BCUT2D eigenvalue weighted by Gasteiger charge is -2.03. The van der Waals surface area contributed by atoms with Gasteiger partial charge in [0, 0.05) is 6.08 Å². The van der Waals surface area contributed by atoms with E-state index in [1.54, 1.807) is 0 Å². The van der Waals surface area contributed by atoms with Crippen molar-refractivity contribution in [3.63, 3.8) is 0 Å². The molecule has 4 heteroatoms. The molecule has 0 radical (unpaired) electrons. The van der Waals surface area contributed by atoms with Crippen LogP contribution in [0.25, 0.3) is 0 Å². The molecular formula is C4H2Cl2O2. The van der Waals surface area contributed by atoms with Crippen molar-refractivity contribution in [1.29, 1.82) is 0 Å². The Balaban J connectivity index is 2.76. The van der Waals surface area contributed by atoms with Crippen molar-refractivity contribution in [3.8, 4) is 0 Å². The topological polar surface area (TPSA) is 18.5 Å². The van der Waals surface area contributed by atoms with Gasteiger partial charge < -0.3 is 0 Å². The van der Waals surface area contributed by atoms with Gasteiger partial charge in [0.25, 0.3) is 5.22 Å². The van der Waals surface area contributed by atoms with Crippen LogP contribution in [0.1, 0.15) is 0 Å². The minimum Gasteiger partial charge on any atom is -0.297 e. The van der Waals surface area contributed by atoms with Crippen molar-refractivity contribution in [3.05, 3.63) is 22.6 Å². The van der Waals surface area contributed by atoms with Crippen molar-refractivity contribution in [2.24, 2.45) is 0 Å². The molecule has 8 heavy (non-hydrogen) atoms. The second-order valence-electron chi connectivity index (χ2n) is 1.10. The summed E-state index contributed by atoms with van der Waals surface area (Å²) in [6, 6.07) is 0. The molecule has 44 valence electrons. The first-order valence-corrected chi connectivity index (χ1v) is 2.61. The Labute approximate surface area is 56.2 Å². The Morgan fingerprint density at radius 3 is 2.50 bits per heavy atom. The van der Waals surface area contributed by atoms with Crippen LogP contribution in [0, 0.1) is 0 Å². The highest BCUT2D eigenvalue weighted by Gasteiger charge is 2.04. The number of allylic oxidation sites excluding steroid dienone is 2. The van der Waals surface area contributed by atoms with Crippen LogP contribution in [-0.4, -0.2) is 0 Å². The quantitative estimate of drug-likeness (QED) is 0.496. The highest BCUT2D eigenvalue weighted by atomic mass is 35.5. The molecule has 0 spiro atoms. The molecular weight excluding hydrogens is 151 g/mol. The maximum Gasteiger partial charge on any atom is 0.263 e. The van der Waals surface area contributed by atoms with Gasteiger partial charge in [-0.05, 0) is 11.6 Å². The molecule has 0 atom stereocenters. The minimum absolute atomic E-state index is 0.0640. The van der Waals surface area contributed by atoms with Crippen LogP contribution >= 0.6 is 23.2 Å². The normalized spacial score (nSPS) is 17.8. The summed E-state index contributed by atoms with van der Waals surface area (Å²) in [5, 5.41) is 0.409. The highest BCUT2D eigenvalue weighted by molar-refractivity contribution is 6.39. The van der Waals surface area contributed by atoms with Gasteiger partial charge in [-0.1, -0.05) is 11.6 Å². The van der Waals surface area contributed by atoms with Crippen LogP contribution < -0.4 is 0 Å². The molecule has 1 heterocycles. The van der Waals surface area contributed by atoms with Crippen molar-refractivity contribution in [1.82, 2.24) is 0 Å². The monoisotopic (exact) mass is 152 g/mol. The van der Waals surface area contributed by atoms with Gasteiger partial charge in [-0.15, -0.1) is 0 Å². The maximum absolute atomic E-state index is 5.42. The molecule has 0 saturated heterocycles. The molecule has 0 fully saturated rings. The van der Waals surface area contributed by atoms with E-state index in [-0.39, 0.29) is 5.22 Å². The van der Waals surface area contributed by atoms with Crippen LogP contribution in [-0.2, 0) is 9.78 Å². The third kappa shape index (κ3) is 1.08. The molecule has 0 aromatic heterocycles. The van der Waals surface area contributed by atoms with Gasteiger partial charge in [0.15, 0.2) is 0 Å². The van der Waals surface area contributed by atoms with E-state index < -0.39 is 0 Å². The summed E-state index contributed by atoms with van der Waals surface area (Å²) < 4.78 is 0. The van der Waals surface area contributed by atoms with Crippen molar-refractivity contribution in [2.45, 2.75) is 0 Å². The lowest BCUT2D eigenvalue weighted by molar-refractivity contribution is -0.205. The van der Waals surface area contributed by atoms with E-state index in [1.165, 1.54) is 12.3 Å². The van der Waals surface area contributed by atoms with E-state index in [4.69, 9.17) is 23.2 Å². The summed E-state index contributed by atoms with van der Waals surface area (Å²) in [6.45, 7) is 0. The van der Waals surface area contributed by atoms with Gasteiger partial charge >= 0.3 is 0 Å². The molecule has 2 nitrogen and oxygen atoms in total. The second kappa shape index (κ2) is 2.29. The van der Waals surface area contributed by atoms with Crippen LogP contribution in [0.2, 0.25) is 0 Å². The average Bonchev–Trinajstić information content (AvgIpc) is 1.77. The first-order chi connectivity index (χ1) is 3.80. The molecule has 0 amide bonds. The minimum atomic E-state index is 0.0640. The number of hydrogen-bond donors (Lipinski definition) is 0. The van der Waals surface area contributed by atoms with Crippen LogP contribution in [0.4, 0.5) is 0 Å². The first kappa shape index (κ1) is 5.79. The molecule has 0 aromatic carbocycles. The van der Waals surface area contributed by atoms with E-state index >= 15 is 0 Å². The van der Waals surface area contributed by atoms with Crippen LogP contribution in [0.15, 0.2) is 22.6 Å². The predicted octanol–water partition coefficient (Wildman–Crippen LogP) is 2.11. The van der Waals surface area contributed by atoms with E-state index in [0.29, 0.717) is 5.03 Å². The lowest BCUT2D eigenvalue weighted by atomic mass is 10.6. The van der Waals surface area contributed by atoms with Crippen LogP contribution in [0.5, 0.6) is 0 Å². The Morgan fingerprint density at radius 2 is 2.12 bits per heavy atom. The zero-order valence-corrected chi connectivity index (χ0v) is 5.24. The van der Waals surface area contributed by atoms with E-state index in [2.05, 4.69) is 9.78 Å². The number of rotatable bonds is 0. The molecule has 0 N–H and O–H groups in total. The fourth-order valence-corrected chi connectivity index (χ4v) is 0.445. The predicted molar refractivity (Wildman–Crippen MR) is 30.0 cm³/mol. The zero-order valence-electron chi connectivity index (χ0n) is 3.73. The first-order valence-electron chi connectivity index (χ1n) is 1.86. The largest absolute Gasteiger partial charge is 0.297 e. The molecule has 0 saturated carbocycles. The molecule has 1 aliphatic rings. The molecule has 0 aromatic rings. The number of halogens is 2. The summed E-state index contributed by atoms with van der Waals surface area (Å²) in [4.78, 5) is 8.61. The SMILES string of the molecule is ClC1=C(Cl)OOC=C1. The fraction of sp³-hybridized carbons (Fsp3) is 0. The Bertz CT molecular complexity index is 150. The lowest BCUT2D eigenvalue weighted by Crippen LogP contribution is -1.89. The smallest absolute Gasteiger partial charge is 0.263 e. The van der Waals surface area contributed by atoms with Gasteiger partial charge in [0.1, 0.15) is 11.3 Å². The standard InChI is InChI=1S/C4H2Cl2O2/c5-3-1-2-7-8-4(3)6/h1-2H. The molecule has 1 aliphatic heterocycles. The fourth-order valence-electron chi connectivity index (χ4n) is 0.263. The molecule has 0 bridgehead atoms.